The van der Waals surface area contributed by atoms with Gasteiger partial charge in [-0.2, -0.15) is 0 Å². The average Bonchev–Trinajstić information content (AvgIpc) is 2.91. The van der Waals surface area contributed by atoms with Crippen LogP contribution in [0, 0.1) is 0 Å². The number of anilines is 2. The third kappa shape index (κ3) is 6.26. The molecule has 4 heterocycles. The zero-order valence-corrected chi connectivity index (χ0v) is 21.7. The van der Waals surface area contributed by atoms with E-state index in [1.54, 1.807) is 17.3 Å². The van der Waals surface area contributed by atoms with Crippen LogP contribution in [0.25, 0.3) is 22.3 Å². The summed E-state index contributed by atoms with van der Waals surface area (Å²) in [5.74, 6) is 0.643. The monoisotopic (exact) mass is 505 g/mol. The Morgan fingerprint density at radius 2 is 1.89 bits per heavy atom. The summed E-state index contributed by atoms with van der Waals surface area (Å²) in [5.41, 5.74) is 3.98. The summed E-state index contributed by atoms with van der Waals surface area (Å²) in [6.07, 6.45) is 2.84. The van der Waals surface area contributed by atoms with Crippen LogP contribution < -0.4 is 15.5 Å². The van der Waals surface area contributed by atoms with E-state index in [-0.39, 0.29) is 12.2 Å². The van der Waals surface area contributed by atoms with Crippen LogP contribution in [0.3, 0.4) is 0 Å². The van der Waals surface area contributed by atoms with Crippen molar-refractivity contribution in [1.82, 2.24) is 25.2 Å². The molecule has 2 aromatic heterocycles. The average molecular weight is 506 g/mol. The van der Waals surface area contributed by atoms with E-state index in [1.165, 1.54) is 5.69 Å². The highest BCUT2D eigenvalue weighted by atomic mass is 16.6. The summed E-state index contributed by atoms with van der Waals surface area (Å²) < 4.78 is 11.5. The molecule has 2 N–H and O–H groups in total. The molecule has 0 bridgehead atoms. The summed E-state index contributed by atoms with van der Waals surface area (Å²) in [6.45, 7) is 11.5. The Kier molecular flexibility index (Phi) is 7.38. The lowest BCUT2D eigenvalue weighted by Gasteiger charge is -2.34. The second-order valence-electron chi connectivity index (χ2n) is 10.4. The van der Waals surface area contributed by atoms with Crippen molar-refractivity contribution in [3.63, 3.8) is 0 Å². The van der Waals surface area contributed by atoms with Gasteiger partial charge in [-0.15, -0.1) is 0 Å². The van der Waals surface area contributed by atoms with Gasteiger partial charge in [0, 0.05) is 62.9 Å². The largest absolute Gasteiger partial charge is 0.444 e. The minimum atomic E-state index is -0.533. The fourth-order valence-electron chi connectivity index (χ4n) is 4.55. The zero-order chi connectivity index (χ0) is 25.8. The van der Waals surface area contributed by atoms with Crippen molar-refractivity contribution in [3.05, 3.63) is 42.7 Å². The van der Waals surface area contributed by atoms with Gasteiger partial charge in [0.1, 0.15) is 11.1 Å². The molecule has 2 aliphatic rings. The Bertz CT molecular complexity index is 1220. The van der Waals surface area contributed by atoms with E-state index < -0.39 is 5.60 Å². The number of nitrogens with zero attached hydrogens (tertiary/aromatic N) is 5. The van der Waals surface area contributed by atoms with Crippen molar-refractivity contribution < 1.29 is 14.3 Å². The summed E-state index contributed by atoms with van der Waals surface area (Å²) >= 11 is 0. The molecule has 0 aliphatic carbocycles. The van der Waals surface area contributed by atoms with Crippen LogP contribution in [0.5, 0.6) is 0 Å². The number of carbonyl (C=O) groups excluding carboxylic acids is 1. The predicted octanol–water partition coefficient (Wildman–Crippen LogP) is 3.15. The van der Waals surface area contributed by atoms with E-state index in [4.69, 9.17) is 14.5 Å². The van der Waals surface area contributed by atoms with Crippen molar-refractivity contribution in [3.8, 4) is 11.3 Å². The maximum Gasteiger partial charge on any atom is 0.410 e. The van der Waals surface area contributed by atoms with Crippen molar-refractivity contribution >= 4 is 28.6 Å². The maximum absolute atomic E-state index is 12.5. The molecule has 0 saturated carbocycles. The molecule has 1 atom stereocenters. The number of piperazine rings is 1. The summed E-state index contributed by atoms with van der Waals surface area (Å²) in [4.78, 5) is 30.5. The van der Waals surface area contributed by atoms with E-state index >= 15 is 0 Å². The van der Waals surface area contributed by atoms with Crippen LogP contribution in [-0.4, -0.2) is 90.1 Å². The summed E-state index contributed by atoms with van der Waals surface area (Å²) in [5, 5.41) is 6.80. The molecule has 1 unspecified atom stereocenters. The SMILES string of the molecule is CC(C)(C)OC(=O)N1CCOC(CNc2nc(-c3ccc(N4CCNCC4)cc3)cc3nccnc23)C1. The number of nitrogens with one attached hydrogen (secondary N) is 2. The quantitative estimate of drug-likeness (QED) is 0.541. The van der Waals surface area contributed by atoms with Crippen LogP contribution in [-0.2, 0) is 9.47 Å². The number of aromatic nitrogens is 3. The molecule has 1 amide bonds. The lowest BCUT2D eigenvalue weighted by molar-refractivity contribution is -0.0371. The normalized spacial score (nSPS) is 18.6. The lowest BCUT2D eigenvalue weighted by Crippen LogP contribution is -2.49. The number of carbonyl (C=O) groups is 1. The Morgan fingerprint density at radius 3 is 2.65 bits per heavy atom. The first kappa shape index (κ1) is 25.2. The molecule has 10 heteroatoms. The first-order valence-corrected chi connectivity index (χ1v) is 12.9. The maximum atomic E-state index is 12.5. The van der Waals surface area contributed by atoms with E-state index in [2.05, 4.69) is 49.8 Å². The van der Waals surface area contributed by atoms with Crippen molar-refractivity contribution in [1.29, 1.82) is 0 Å². The number of fused-ring (bicyclic) bond motifs is 1. The first-order chi connectivity index (χ1) is 17.9. The highest BCUT2D eigenvalue weighted by Gasteiger charge is 2.28. The van der Waals surface area contributed by atoms with Gasteiger partial charge in [0.05, 0.1) is 30.5 Å². The predicted molar refractivity (Wildman–Crippen MR) is 144 cm³/mol. The molecule has 5 rings (SSSR count). The Hall–Kier alpha value is -3.50. The highest BCUT2D eigenvalue weighted by Crippen LogP contribution is 2.27. The molecule has 2 fully saturated rings. The van der Waals surface area contributed by atoms with E-state index in [0.29, 0.717) is 37.6 Å². The number of ether oxygens (including phenoxy) is 2. The number of hydrogen-bond acceptors (Lipinski definition) is 9. The number of morpholine rings is 1. The number of hydrogen-bond donors (Lipinski definition) is 2. The minimum absolute atomic E-state index is 0.197. The van der Waals surface area contributed by atoms with Gasteiger partial charge in [0.2, 0.25) is 0 Å². The van der Waals surface area contributed by atoms with Crippen LogP contribution >= 0.6 is 0 Å². The number of rotatable bonds is 5. The summed E-state index contributed by atoms with van der Waals surface area (Å²) in [7, 11) is 0. The zero-order valence-electron chi connectivity index (χ0n) is 21.7. The van der Waals surface area contributed by atoms with E-state index in [0.717, 1.165) is 43.0 Å². The van der Waals surface area contributed by atoms with Crippen molar-refractivity contribution in [2.45, 2.75) is 32.5 Å². The highest BCUT2D eigenvalue weighted by molar-refractivity contribution is 5.88. The molecule has 0 spiro atoms. The third-order valence-electron chi connectivity index (χ3n) is 6.39. The van der Waals surface area contributed by atoms with Crippen LogP contribution in [0.4, 0.5) is 16.3 Å². The fourth-order valence-corrected chi connectivity index (χ4v) is 4.55. The van der Waals surface area contributed by atoms with Gasteiger partial charge >= 0.3 is 6.09 Å². The van der Waals surface area contributed by atoms with Gasteiger partial charge in [-0.1, -0.05) is 12.1 Å². The molecule has 0 radical (unpaired) electrons. The van der Waals surface area contributed by atoms with E-state index in [9.17, 15) is 4.79 Å². The number of pyridine rings is 1. The molecular weight excluding hydrogens is 470 g/mol. The van der Waals surface area contributed by atoms with Crippen LogP contribution in [0.15, 0.2) is 42.7 Å². The number of benzene rings is 1. The second-order valence-corrected chi connectivity index (χ2v) is 10.4. The van der Waals surface area contributed by atoms with Gasteiger partial charge in [-0.3, -0.25) is 4.98 Å². The van der Waals surface area contributed by atoms with Gasteiger partial charge in [0.25, 0.3) is 0 Å². The van der Waals surface area contributed by atoms with Gasteiger partial charge in [0.15, 0.2) is 5.82 Å². The molecule has 2 saturated heterocycles. The number of amides is 1. The molecule has 196 valence electrons. The molecule has 10 nitrogen and oxygen atoms in total. The summed E-state index contributed by atoms with van der Waals surface area (Å²) in [6, 6.07) is 10.5. The third-order valence-corrected chi connectivity index (χ3v) is 6.39. The Morgan fingerprint density at radius 1 is 1.14 bits per heavy atom. The topological polar surface area (TPSA) is 105 Å². The van der Waals surface area contributed by atoms with Crippen LogP contribution in [0.1, 0.15) is 20.8 Å². The Labute approximate surface area is 217 Å². The molecule has 2 aliphatic heterocycles. The van der Waals surface area contributed by atoms with Crippen LogP contribution in [0.2, 0.25) is 0 Å². The lowest BCUT2D eigenvalue weighted by atomic mass is 10.1. The molecule has 37 heavy (non-hydrogen) atoms. The van der Waals surface area contributed by atoms with Gasteiger partial charge < -0.3 is 29.9 Å². The fraction of sp³-hybridized carbons (Fsp3) is 0.481. The molecule has 3 aromatic rings. The first-order valence-electron chi connectivity index (χ1n) is 12.9. The molecule has 1 aromatic carbocycles. The van der Waals surface area contributed by atoms with Gasteiger partial charge in [-0.25, -0.2) is 14.8 Å². The van der Waals surface area contributed by atoms with Crippen molar-refractivity contribution in [2.75, 3.05) is 62.6 Å². The second kappa shape index (κ2) is 10.9. The van der Waals surface area contributed by atoms with Crippen molar-refractivity contribution in [2.24, 2.45) is 0 Å². The standard InChI is InChI=1S/C27H35N7O3/c1-27(2,3)37-26(35)34-14-15-36-21(18-34)17-31-25-24-23(29-8-9-30-24)16-22(32-25)19-4-6-20(7-5-19)33-12-10-28-11-13-33/h4-9,16,21,28H,10-15,17-18H2,1-3H3,(H,31,32). The van der Waals surface area contributed by atoms with Gasteiger partial charge in [-0.05, 0) is 39.0 Å². The minimum Gasteiger partial charge on any atom is -0.444 e. The molecular formula is C27H35N7O3. The Balaban J connectivity index is 1.31. The smallest absolute Gasteiger partial charge is 0.410 e. The van der Waals surface area contributed by atoms with E-state index in [1.807, 2.05) is 26.8 Å².